The van der Waals surface area contributed by atoms with Crippen molar-refractivity contribution in [3.05, 3.63) is 41.2 Å². The molecule has 9 nitrogen and oxygen atoms in total. The summed E-state index contributed by atoms with van der Waals surface area (Å²) in [6.07, 6.45) is 4.83. The zero-order valence-electron chi connectivity index (χ0n) is 19.6. The Hall–Kier alpha value is -3.67. The second-order valence-electron chi connectivity index (χ2n) is 9.69. The average Bonchev–Trinajstić information content (AvgIpc) is 3.35. The van der Waals surface area contributed by atoms with E-state index < -0.39 is 17.6 Å². The van der Waals surface area contributed by atoms with E-state index in [2.05, 4.69) is 22.1 Å². The molecule has 2 unspecified atom stereocenters. The Kier molecular flexibility index (Phi) is 6.42. The first-order chi connectivity index (χ1) is 16.1. The van der Waals surface area contributed by atoms with Gasteiger partial charge in [-0.3, -0.25) is 19.7 Å². The van der Waals surface area contributed by atoms with Gasteiger partial charge in [0, 0.05) is 19.5 Å². The Morgan fingerprint density at radius 1 is 1.24 bits per heavy atom. The van der Waals surface area contributed by atoms with E-state index in [0.29, 0.717) is 36.5 Å². The van der Waals surface area contributed by atoms with E-state index >= 15 is 0 Å². The van der Waals surface area contributed by atoms with E-state index in [1.165, 1.54) is 4.90 Å². The van der Waals surface area contributed by atoms with Crippen LogP contribution in [0.3, 0.4) is 0 Å². The number of ether oxygens (including phenoxy) is 1. The Morgan fingerprint density at radius 3 is 2.76 bits per heavy atom. The standard InChI is InChI=1S/C25H28N4O5/c1-25(2,3)34-24(33)28-13-12-16(14-28)6-4-5-7-17-8-9-18-19(26-17)15-29(23(18)32)20-10-11-21(30)27-22(20)31/h4,6,8-9,16,20H,10-15H2,1-3H3,(H,27,30,31)/b6-4+. The second kappa shape index (κ2) is 9.29. The van der Waals surface area contributed by atoms with Crippen molar-refractivity contribution in [1.29, 1.82) is 0 Å². The van der Waals surface area contributed by atoms with Crippen molar-refractivity contribution in [2.75, 3.05) is 13.1 Å². The first-order valence-electron chi connectivity index (χ1n) is 11.4. The quantitative estimate of drug-likeness (QED) is 0.530. The third-order valence-corrected chi connectivity index (χ3v) is 5.90. The number of rotatable bonds is 2. The number of aromatic nitrogens is 1. The van der Waals surface area contributed by atoms with E-state index in [1.54, 1.807) is 23.1 Å². The Labute approximate surface area is 198 Å². The number of likely N-dealkylation sites (tertiary alicyclic amines) is 1. The van der Waals surface area contributed by atoms with Crippen LogP contribution in [0.5, 0.6) is 0 Å². The van der Waals surface area contributed by atoms with E-state index in [-0.39, 0.29) is 36.8 Å². The molecule has 4 heterocycles. The van der Waals surface area contributed by atoms with E-state index in [9.17, 15) is 19.2 Å². The molecule has 9 heteroatoms. The van der Waals surface area contributed by atoms with Gasteiger partial charge in [-0.15, -0.1) is 0 Å². The number of piperidine rings is 1. The molecule has 0 radical (unpaired) electrons. The van der Waals surface area contributed by atoms with Crippen molar-refractivity contribution < 1.29 is 23.9 Å². The molecule has 2 saturated heterocycles. The number of hydrogen-bond donors (Lipinski definition) is 1. The first kappa shape index (κ1) is 23.5. The van der Waals surface area contributed by atoms with E-state index in [1.807, 2.05) is 26.8 Å². The van der Waals surface area contributed by atoms with Gasteiger partial charge < -0.3 is 14.5 Å². The van der Waals surface area contributed by atoms with E-state index in [4.69, 9.17) is 4.74 Å². The van der Waals surface area contributed by atoms with Gasteiger partial charge in [-0.1, -0.05) is 12.0 Å². The number of carbonyl (C=O) groups is 4. The van der Waals surface area contributed by atoms with Crippen molar-refractivity contribution in [3.63, 3.8) is 0 Å². The van der Waals surface area contributed by atoms with Gasteiger partial charge in [-0.2, -0.15) is 0 Å². The van der Waals surface area contributed by atoms with Gasteiger partial charge in [0.25, 0.3) is 5.91 Å². The molecule has 1 aromatic heterocycles. The highest BCUT2D eigenvalue weighted by molar-refractivity contribution is 6.05. The molecule has 2 fully saturated rings. The van der Waals surface area contributed by atoms with Crippen molar-refractivity contribution in [2.24, 2.45) is 5.92 Å². The molecule has 34 heavy (non-hydrogen) atoms. The third kappa shape index (κ3) is 5.28. The lowest BCUT2D eigenvalue weighted by Gasteiger charge is -2.29. The summed E-state index contributed by atoms with van der Waals surface area (Å²) in [5, 5.41) is 2.29. The molecule has 0 aromatic carbocycles. The molecular formula is C25H28N4O5. The molecule has 3 aliphatic rings. The zero-order valence-corrected chi connectivity index (χ0v) is 19.6. The van der Waals surface area contributed by atoms with Gasteiger partial charge in [-0.25, -0.2) is 9.78 Å². The fraction of sp³-hybridized carbons (Fsp3) is 0.480. The maximum Gasteiger partial charge on any atom is 0.410 e. The predicted molar refractivity (Wildman–Crippen MR) is 122 cm³/mol. The molecule has 2 atom stereocenters. The second-order valence-corrected chi connectivity index (χ2v) is 9.69. The number of imide groups is 1. The van der Waals surface area contributed by atoms with Crippen LogP contribution in [-0.2, 0) is 20.9 Å². The number of allylic oxidation sites excluding steroid dienone is 1. The summed E-state index contributed by atoms with van der Waals surface area (Å²) in [7, 11) is 0. The molecule has 4 rings (SSSR count). The summed E-state index contributed by atoms with van der Waals surface area (Å²) < 4.78 is 5.42. The molecule has 0 saturated carbocycles. The molecule has 178 valence electrons. The Balaban J connectivity index is 1.34. The molecule has 1 aromatic rings. The maximum absolute atomic E-state index is 12.7. The maximum atomic E-state index is 12.7. The summed E-state index contributed by atoms with van der Waals surface area (Å²) in [5.74, 6) is 5.15. The zero-order chi connectivity index (χ0) is 24.5. The van der Waals surface area contributed by atoms with Crippen molar-refractivity contribution in [2.45, 2.75) is 58.2 Å². The van der Waals surface area contributed by atoms with Gasteiger partial charge in [0.15, 0.2) is 0 Å². The van der Waals surface area contributed by atoms with Crippen LogP contribution in [0.15, 0.2) is 24.3 Å². The number of pyridine rings is 1. The minimum Gasteiger partial charge on any atom is -0.444 e. The predicted octanol–water partition coefficient (Wildman–Crippen LogP) is 2.01. The highest BCUT2D eigenvalue weighted by Gasteiger charge is 2.39. The van der Waals surface area contributed by atoms with Crippen LogP contribution in [0.2, 0.25) is 0 Å². The number of hydrogen-bond acceptors (Lipinski definition) is 6. The van der Waals surface area contributed by atoms with Crippen molar-refractivity contribution in [1.82, 2.24) is 20.1 Å². The van der Waals surface area contributed by atoms with Crippen LogP contribution in [-0.4, -0.2) is 63.3 Å². The fourth-order valence-electron chi connectivity index (χ4n) is 4.24. The summed E-state index contributed by atoms with van der Waals surface area (Å²) in [4.78, 5) is 56.1. The minimum atomic E-state index is -0.663. The summed E-state index contributed by atoms with van der Waals surface area (Å²) in [6.45, 7) is 7.02. The molecule has 1 N–H and O–H groups in total. The van der Waals surface area contributed by atoms with Crippen LogP contribution in [0.1, 0.15) is 61.8 Å². The normalized spacial score (nSPS) is 22.5. The number of nitrogens with zero attached hydrogens (tertiary/aromatic N) is 3. The number of fused-ring (bicyclic) bond motifs is 1. The van der Waals surface area contributed by atoms with E-state index in [0.717, 1.165) is 6.42 Å². The summed E-state index contributed by atoms with van der Waals surface area (Å²) in [5.41, 5.74) is 1.06. The molecule has 0 bridgehead atoms. The number of carbonyl (C=O) groups excluding carboxylic acids is 4. The van der Waals surface area contributed by atoms with Gasteiger partial charge in [0.2, 0.25) is 11.8 Å². The molecule has 0 aliphatic carbocycles. The lowest BCUT2D eigenvalue weighted by atomic mass is 10.0. The largest absolute Gasteiger partial charge is 0.444 e. The average molecular weight is 465 g/mol. The van der Waals surface area contributed by atoms with Crippen LogP contribution < -0.4 is 5.32 Å². The minimum absolute atomic E-state index is 0.212. The molecular weight excluding hydrogens is 436 g/mol. The third-order valence-electron chi connectivity index (χ3n) is 5.90. The SMILES string of the molecule is CC(C)(C)OC(=O)N1CCC(/C=C/C#Cc2ccc3c(n2)CN(C2CCC(=O)NC2=O)C3=O)C1. The first-order valence-corrected chi connectivity index (χ1v) is 11.4. The lowest BCUT2D eigenvalue weighted by Crippen LogP contribution is -2.52. The van der Waals surface area contributed by atoms with Crippen LogP contribution in [0.25, 0.3) is 0 Å². The van der Waals surface area contributed by atoms with Gasteiger partial charge in [0.05, 0.1) is 17.8 Å². The van der Waals surface area contributed by atoms with Crippen molar-refractivity contribution >= 4 is 23.8 Å². The van der Waals surface area contributed by atoms with Crippen LogP contribution >= 0.6 is 0 Å². The Bertz CT molecular complexity index is 1120. The molecule has 4 amide bonds. The van der Waals surface area contributed by atoms with Crippen LogP contribution in [0, 0.1) is 17.8 Å². The summed E-state index contributed by atoms with van der Waals surface area (Å²) >= 11 is 0. The van der Waals surface area contributed by atoms with Crippen LogP contribution in [0.4, 0.5) is 4.79 Å². The summed E-state index contributed by atoms with van der Waals surface area (Å²) in [6, 6.07) is 2.70. The van der Waals surface area contributed by atoms with Gasteiger partial charge in [0.1, 0.15) is 17.3 Å². The Morgan fingerprint density at radius 2 is 2.03 bits per heavy atom. The number of nitrogens with one attached hydrogen (secondary N) is 1. The fourth-order valence-corrected chi connectivity index (χ4v) is 4.24. The topological polar surface area (TPSA) is 109 Å². The monoisotopic (exact) mass is 464 g/mol. The number of amides is 4. The highest BCUT2D eigenvalue weighted by Crippen LogP contribution is 2.26. The molecule has 0 spiro atoms. The smallest absolute Gasteiger partial charge is 0.410 e. The van der Waals surface area contributed by atoms with Gasteiger partial charge >= 0.3 is 6.09 Å². The molecule has 3 aliphatic heterocycles. The van der Waals surface area contributed by atoms with Gasteiger partial charge in [-0.05, 0) is 63.7 Å². The lowest BCUT2D eigenvalue weighted by molar-refractivity contribution is -0.136. The highest BCUT2D eigenvalue weighted by atomic mass is 16.6. The van der Waals surface area contributed by atoms with Crippen molar-refractivity contribution in [3.8, 4) is 11.8 Å².